The van der Waals surface area contributed by atoms with Crippen molar-refractivity contribution in [1.82, 2.24) is 5.48 Å². The summed E-state index contributed by atoms with van der Waals surface area (Å²) < 4.78 is 0. The van der Waals surface area contributed by atoms with Crippen LogP contribution in [0.1, 0.15) is 32.8 Å². The van der Waals surface area contributed by atoms with Crippen LogP contribution in [0.3, 0.4) is 0 Å². The summed E-state index contributed by atoms with van der Waals surface area (Å²) in [7, 11) is 1.66. The van der Waals surface area contributed by atoms with Gasteiger partial charge in [-0.15, -0.1) is 0 Å². The zero-order valence-electron chi connectivity index (χ0n) is 10.1. The molecule has 1 N–H and O–H groups in total. The van der Waals surface area contributed by atoms with E-state index in [4.69, 9.17) is 4.84 Å². The van der Waals surface area contributed by atoms with Crippen LogP contribution in [0.25, 0.3) is 0 Å². The van der Waals surface area contributed by atoms with Crippen molar-refractivity contribution < 1.29 is 4.84 Å². The third kappa shape index (κ3) is 3.65. The molecule has 0 saturated carbocycles. The number of rotatable bonds is 5. The Balaban J connectivity index is 2.67. The van der Waals surface area contributed by atoms with Crippen LogP contribution in [0.2, 0.25) is 0 Å². The smallest absolute Gasteiger partial charge is 0.0572 e. The van der Waals surface area contributed by atoms with Gasteiger partial charge in [0, 0.05) is 6.04 Å². The highest BCUT2D eigenvalue weighted by atomic mass is 16.6. The molecule has 0 aliphatic rings. The zero-order valence-corrected chi connectivity index (χ0v) is 10.1. The summed E-state index contributed by atoms with van der Waals surface area (Å²) in [5.41, 5.74) is 4.51. The fourth-order valence-electron chi connectivity index (χ4n) is 2.02. The van der Waals surface area contributed by atoms with Crippen LogP contribution in [0.4, 0.5) is 0 Å². The molecule has 1 atom stereocenters. The van der Waals surface area contributed by atoms with Crippen molar-refractivity contribution in [2.24, 2.45) is 0 Å². The molecule has 0 heterocycles. The van der Waals surface area contributed by atoms with Crippen LogP contribution in [0.5, 0.6) is 0 Å². The van der Waals surface area contributed by atoms with Crippen molar-refractivity contribution in [2.75, 3.05) is 7.11 Å². The average molecular weight is 207 g/mol. The highest BCUT2D eigenvalue weighted by Crippen LogP contribution is 2.27. The minimum Gasteiger partial charge on any atom is -0.305 e. The average Bonchev–Trinajstić information content (AvgIpc) is 2.18. The standard InChI is InChI=1S/C13H21NO/c1-11(14-15-4)10-13(2,3)12-8-6-5-7-9-12/h5-9,11,14H,10H2,1-4H3. The van der Waals surface area contributed by atoms with Crippen molar-refractivity contribution in [2.45, 2.75) is 38.6 Å². The van der Waals surface area contributed by atoms with E-state index in [1.807, 2.05) is 0 Å². The Hall–Kier alpha value is -0.860. The van der Waals surface area contributed by atoms with E-state index in [-0.39, 0.29) is 5.41 Å². The molecular weight excluding hydrogens is 186 g/mol. The van der Waals surface area contributed by atoms with E-state index in [1.54, 1.807) is 7.11 Å². The van der Waals surface area contributed by atoms with Gasteiger partial charge in [0.1, 0.15) is 0 Å². The Bertz CT molecular complexity index is 282. The van der Waals surface area contributed by atoms with E-state index in [0.29, 0.717) is 6.04 Å². The number of hydrogen-bond acceptors (Lipinski definition) is 2. The molecule has 2 heteroatoms. The molecule has 1 aromatic carbocycles. The molecule has 0 spiro atoms. The Morgan fingerprint density at radius 3 is 2.40 bits per heavy atom. The maximum Gasteiger partial charge on any atom is 0.0572 e. The van der Waals surface area contributed by atoms with Gasteiger partial charge >= 0.3 is 0 Å². The molecular formula is C13H21NO. The first-order valence-corrected chi connectivity index (χ1v) is 5.40. The van der Waals surface area contributed by atoms with Gasteiger partial charge in [-0.25, -0.2) is 5.48 Å². The third-order valence-corrected chi connectivity index (χ3v) is 2.69. The van der Waals surface area contributed by atoms with Crippen LogP contribution >= 0.6 is 0 Å². The molecule has 0 aliphatic carbocycles. The topological polar surface area (TPSA) is 21.3 Å². The largest absolute Gasteiger partial charge is 0.305 e. The molecule has 1 unspecified atom stereocenters. The van der Waals surface area contributed by atoms with Gasteiger partial charge in [0.25, 0.3) is 0 Å². The van der Waals surface area contributed by atoms with E-state index in [2.05, 4.69) is 56.6 Å². The first-order chi connectivity index (χ1) is 7.06. The molecule has 0 aliphatic heterocycles. The highest BCUT2D eigenvalue weighted by Gasteiger charge is 2.22. The monoisotopic (exact) mass is 207 g/mol. The van der Waals surface area contributed by atoms with Crippen LogP contribution < -0.4 is 5.48 Å². The molecule has 0 saturated heterocycles. The summed E-state index contributed by atoms with van der Waals surface area (Å²) in [5, 5.41) is 0. The Kier molecular flexibility index (Phi) is 4.30. The van der Waals surface area contributed by atoms with Gasteiger partial charge in [-0.05, 0) is 24.3 Å². The lowest BCUT2D eigenvalue weighted by Gasteiger charge is -2.28. The van der Waals surface area contributed by atoms with E-state index in [0.717, 1.165) is 6.42 Å². The Morgan fingerprint density at radius 2 is 1.87 bits per heavy atom. The summed E-state index contributed by atoms with van der Waals surface area (Å²) in [6, 6.07) is 10.9. The fraction of sp³-hybridized carbons (Fsp3) is 0.538. The molecule has 1 rings (SSSR count). The van der Waals surface area contributed by atoms with E-state index in [9.17, 15) is 0 Å². The first-order valence-electron chi connectivity index (χ1n) is 5.40. The van der Waals surface area contributed by atoms with Crippen LogP contribution in [0, 0.1) is 0 Å². The van der Waals surface area contributed by atoms with Gasteiger partial charge in [0.05, 0.1) is 7.11 Å². The molecule has 0 amide bonds. The van der Waals surface area contributed by atoms with Gasteiger partial charge < -0.3 is 4.84 Å². The highest BCUT2D eigenvalue weighted by molar-refractivity contribution is 5.23. The van der Waals surface area contributed by atoms with Gasteiger partial charge in [-0.1, -0.05) is 44.2 Å². The summed E-state index contributed by atoms with van der Waals surface area (Å²) in [6.07, 6.45) is 1.05. The summed E-state index contributed by atoms with van der Waals surface area (Å²) in [6.45, 7) is 6.65. The maximum atomic E-state index is 4.94. The van der Waals surface area contributed by atoms with Crippen LogP contribution in [-0.4, -0.2) is 13.2 Å². The Morgan fingerprint density at radius 1 is 1.27 bits per heavy atom. The molecule has 0 fully saturated rings. The van der Waals surface area contributed by atoms with Crippen molar-refractivity contribution in [3.05, 3.63) is 35.9 Å². The van der Waals surface area contributed by atoms with Crippen molar-refractivity contribution >= 4 is 0 Å². The minimum atomic E-state index is 0.173. The number of nitrogens with one attached hydrogen (secondary N) is 1. The minimum absolute atomic E-state index is 0.173. The number of benzene rings is 1. The van der Waals surface area contributed by atoms with E-state index >= 15 is 0 Å². The molecule has 2 nitrogen and oxygen atoms in total. The zero-order chi connectivity index (χ0) is 11.3. The van der Waals surface area contributed by atoms with Gasteiger partial charge in [0.2, 0.25) is 0 Å². The second-order valence-electron chi connectivity index (χ2n) is 4.68. The number of hydroxylamine groups is 1. The second-order valence-corrected chi connectivity index (χ2v) is 4.68. The SMILES string of the molecule is CONC(C)CC(C)(C)c1ccccc1. The van der Waals surface area contributed by atoms with E-state index in [1.165, 1.54) is 5.56 Å². The lowest BCUT2D eigenvalue weighted by atomic mass is 9.79. The third-order valence-electron chi connectivity index (χ3n) is 2.69. The lowest BCUT2D eigenvalue weighted by molar-refractivity contribution is 0.0576. The van der Waals surface area contributed by atoms with Crippen LogP contribution in [-0.2, 0) is 10.3 Å². The molecule has 15 heavy (non-hydrogen) atoms. The fourth-order valence-corrected chi connectivity index (χ4v) is 2.02. The lowest BCUT2D eigenvalue weighted by Crippen LogP contribution is -2.32. The van der Waals surface area contributed by atoms with Gasteiger partial charge in [0.15, 0.2) is 0 Å². The normalized spacial score (nSPS) is 13.9. The van der Waals surface area contributed by atoms with Gasteiger partial charge in [-0.3, -0.25) is 0 Å². The summed E-state index contributed by atoms with van der Waals surface area (Å²) >= 11 is 0. The predicted octanol–water partition coefficient (Wildman–Crippen LogP) is 2.89. The summed E-state index contributed by atoms with van der Waals surface area (Å²) in [4.78, 5) is 4.94. The van der Waals surface area contributed by atoms with Crippen molar-refractivity contribution in [3.8, 4) is 0 Å². The Labute approximate surface area is 92.6 Å². The molecule has 0 aromatic heterocycles. The van der Waals surface area contributed by atoms with Crippen molar-refractivity contribution in [1.29, 1.82) is 0 Å². The van der Waals surface area contributed by atoms with E-state index < -0.39 is 0 Å². The number of hydrogen-bond donors (Lipinski definition) is 1. The quantitative estimate of drug-likeness (QED) is 0.750. The first kappa shape index (κ1) is 12.2. The predicted molar refractivity (Wildman–Crippen MR) is 63.7 cm³/mol. The van der Waals surface area contributed by atoms with Gasteiger partial charge in [-0.2, -0.15) is 0 Å². The van der Waals surface area contributed by atoms with Crippen molar-refractivity contribution in [3.63, 3.8) is 0 Å². The second kappa shape index (κ2) is 5.29. The molecule has 1 aromatic rings. The molecule has 0 radical (unpaired) electrons. The van der Waals surface area contributed by atoms with Crippen LogP contribution in [0.15, 0.2) is 30.3 Å². The molecule has 84 valence electrons. The summed E-state index contributed by atoms with van der Waals surface area (Å²) in [5.74, 6) is 0. The molecule has 0 bridgehead atoms. The maximum absolute atomic E-state index is 4.94.